The smallest absolute Gasteiger partial charge is 0.279 e. The van der Waals surface area contributed by atoms with Crippen molar-refractivity contribution in [3.63, 3.8) is 0 Å². The molecule has 0 saturated heterocycles. The number of amides is 4. The first-order chi connectivity index (χ1) is 17.0. The Labute approximate surface area is 207 Å². The maximum Gasteiger partial charge on any atom is 0.279 e. The minimum Gasteiger partial charge on any atom is -0.457 e. The number of rotatable bonds is 6. The van der Waals surface area contributed by atoms with E-state index in [0.29, 0.717) is 32.4 Å². The Balaban J connectivity index is 1.26. The summed E-state index contributed by atoms with van der Waals surface area (Å²) in [6.07, 6.45) is 0. The Morgan fingerprint density at radius 1 is 0.514 bits per heavy atom. The Morgan fingerprint density at radius 2 is 0.886 bits per heavy atom. The number of benzene rings is 2. The summed E-state index contributed by atoms with van der Waals surface area (Å²) in [6.45, 7) is 0. The van der Waals surface area contributed by atoms with Crippen LogP contribution in [0.25, 0.3) is 0 Å². The van der Waals surface area contributed by atoms with Crippen LogP contribution in [0.1, 0.15) is 40.1 Å². The summed E-state index contributed by atoms with van der Waals surface area (Å²) in [5, 5.41) is 3.54. The van der Waals surface area contributed by atoms with Gasteiger partial charge in [0.2, 0.25) is 0 Å². The highest BCUT2D eigenvalue weighted by Gasteiger charge is 2.12. The third-order valence-electron chi connectivity index (χ3n) is 4.54. The third kappa shape index (κ3) is 6.31. The quantitative estimate of drug-likeness (QED) is 0.297. The SMILES string of the molecule is O=C(NNC(=O)c1cccs1)c1ccc(Oc2ccc(C(=O)NNC(=O)c3cccs3)cc2)cc1. The molecule has 2 aromatic carbocycles. The maximum atomic E-state index is 12.2. The maximum absolute atomic E-state index is 12.2. The summed E-state index contributed by atoms with van der Waals surface area (Å²) in [4.78, 5) is 49.2. The van der Waals surface area contributed by atoms with Gasteiger partial charge in [0.15, 0.2) is 0 Å². The average Bonchev–Trinajstić information content (AvgIpc) is 3.61. The molecule has 4 aromatic rings. The van der Waals surface area contributed by atoms with Gasteiger partial charge in [0.05, 0.1) is 9.75 Å². The number of nitrogens with one attached hydrogen (secondary N) is 4. The Morgan fingerprint density at radius 3 is 1.23 bits per heavy atom. The number of carbonyl (C=O) groups excluding carboxylic acids is 4. The summed E-state index contributed by atoms with van der Waals surface area (Å²) in [5.41, 5.74) is 10.1. The van der Waals surface area contributed by atoms with Crippen LogP contribution in [0.4, 0.5) is 0 Å². The zero-order chi connectivity index (χ0) is 24.6. The van der Waals surface area contributed by atoms with Gasteiger partial charge in [-0.3, -0.25) is 40.9 Å². The van der Waals surface area contributed by atoms with Crippen molar-refractivity contribution < 1.29 is 23.9 Å². The zero-order valence-corrected chi connectivity index (χ0v) is 19.6. The fraction of sp³-hybridized carbons (Fsp3) is 0. The molecule has 176 valence electrons. The summed E-state index contributed by atoms with van der Waals surface area (Å²) >= 11 is 2.54. The van der Waals surface area contributed by atoms with Gasteiger partial charge in [0.25, 0.3) is 23.6 Å². The van der Waals surface area contributed by atoms with Crippen LogP contribution in [-0.4, -0.2) is 23.6 Å². The van der Waals surface area contributed by atoms with Gasteiger partial charge < -0.3 is 4.74 Å². The van der Waals surface area contributed by atoms with E-state index in [1.807, 2.05) is 0 Å². The lowest BCUT2D eigenvalue weighted by molar-refractivity contribution is 0.0849. The molecule has 11 heteroatoms. The fourth-order valence-corrected chi connectivity index (χ4v) is 4.03. The molecule has 35 heavy (non-hydrogen) atoms. The molecular weight excluding hydrogens is 488 g/mol. The number of hydrogen-bond donors (Lipinski definition) is 4. The van der Waals surface area contributed by atoms with Crippen LogP contribution in [0.3, 0.4) is 0 Å². The van der Waals surface area contributed by atoms with Crippen molar-refractivity contribution in [2.45, 2.75) is 0 Å². The Hall–Kier alpha value is -4.48. The van der Waals surface area contributed by atoms with E-state index in [2.05, 4.69) is 21.7 Å². The minimum atomic E-state index is -0.469. The Kier molecular flexibility index (Phi) is 7.50. The molecule has 0 radical (unpaired) electrons. The van der Waals surface area contributed by atoms with Crippen molar-refractivity contribution in [1.29, 1.82) is 0 Å². The van der Waals surface area contributed by atoms with Gasteiger partial charge in [-0.05, 0) is 71.4 Å². The number of carbonyl (C=O) groups is 4. The van der Waals surface area contributed by atoms with E-state index in [4.69, 9.17) is 4.74 Å². The lowest BCUT2D eigenvalue weighted by Crippen LogP contribution is -2.41. The van der Waals surface area contributed by atoms with E-state index in [1.165, 1.54) is 22.7 Å². The van der Waals surface area contributed by atoms with E-state index in [1.54, 1.807) is 83.6 Å². The highest BCUT2D eigenvalue weighted by atomic mass is 32.1. The van der Waals surface area contributed by atoms with E-state index in [9.17, 15) is 19.2 Å². The molecule has 0 aliphatic carbocycles. The minimum absolute atomic E-state index is 0.334. The molecule has 4 amide bonds. The lowest BCUT2D eigenvalue weighted by atomic mass is 10.2. The number of ether oxygens (including phenoxy) is 1. The first-order valence-corrected chi connectivity index (χ1v) is 11.9. The molecule has 0 spiro atoms. The van der Waals surface area contributed by atoms with Crippen LogP contribution < -0.4 is 26.4 Å². The molecular formula is C24H18N4O5S2. The average molecular weight is 507 g/mol. The van der Waals surface area contributed by atoms with Crippen molar-refractivity contribution in [2.24, 2.45) is 0 Å². The molecule has 0 atom stereocenters. The van der Waals surface area contributed by atoms with E-state index >= 15 is 0 Å². The van der Waals surface area contributed by atoms with Crippen molar-refractivity contribution >= 4 is 46.3 Å². The van der Waals surface area contributed by atoms with E-state index in [0.717, 1.165) is 0 Å². The molecule has 4 N–H and O–H groups in total. The predicted molar refractivity (Wildman–Crippen MR) is 131 cm³/mol. The lowest BCUT2D eigenvalue weighted by Gasteiger charge is -2.09. The van der Waals surface area contributed by atoms with E-state index < -0.39 is 23.6 Å². The number of hydrogen-bond acceptors (Lipinski definition) is 7. The molecule has 0 aliphatic heterocycles. The normalized spacial score (nSPS) is 10.2. The number of thiophene rings is 2. The monoisotopic (exact) mass is 506 g/mol. The van der Waals surface area contributed by atoms with Crippen molar-refractivity contribution in [1.82, 2.24) is 21.7 Å². The summed E-state index contributed by atoms with van der Waals surface area (Å²) in [7, 11) is 0. The largest absolute Gasteiger partial charge is 0.457 e. The highest BCUT2D eigenvalue weighted by Crippen LogP contribution is 2.22. The molecule has 2 heterocycles. The van der Waals surface area contributed by atoms with Crippen LogP contribution >= 0.6 is 22.7 Å². The first kappa shape index (κ1) is 23.7. The predicted octanol–water partition coefficient (Wildman–Crippen LogP) is 3.75. The second-order valence-corrected chi connectivity index (χ2v) is 8.82. The van der Waals surface area contributed by atoms with Crippen molar-refractivity contribution in [3.8, 4) is 11.5 Å². The van der Waals surface area contributed by atoms with Crippen molar-refractivity contribution in [3.05, 3.63) is 104 Å². The molecule has 4 rings (SSSR count). The van der Waals surface area contributed by atoms with Gasteiger partial charge in [0, 0.05) is 11.1 Å². The van der Waals surface area contributed by atoms with Gasteiger partial charge in [-0.1, -0.05) is 12.1 Å². The van der Waals surface area contributed by atoms with Crippen molar-refractivity contribution in [2.75, 3.05) is 0 Å². The second kappa shape index (κ2) is 11.1. The van der Waals surface area contributed by atoms with Crippen LogP contribution in [-0.2, 0) is 0 Å². The zero-order valence-electron chi connectivity index (χ0n) is 17.9. The second-order valence-electron chi connectivity index (χ2n) is 6.92. The summed E-state index contributed by atoms with van der Waals surface area (Å²) in [6, 6.07) is 19.5. The van der Waals surface area contributed by atoms with Gasteiger partial charge in [-0.15, -0.1) is 22.7 Å². The summed E-state index contributed by atoms with van der Waals surface area (Å²) < 4.78 is 5.74. The standard InChI is InChI=1S/C24H18N4O5S2/c29-21(25-27-23(31)19-3-1-13-34-19)15-5-9-17(10-6-15)33-18-11-7-16(8-12-18)22(30)26-28-24(32)20-4-2-14-35-20/h1-14H,(H,25,29)(H,26,30)(H,27,31)(H,28,32). The first-order valence-electron chi connectivity index (χ1n) is 10.2. The molecule has 0 unspecified atom stereocenters. The van der Waals surface area contributed by atoms with Crippen LogP contribution in [0.2, 0.25) is 0 Å². The number of hydrazine groups is 2. The molecule has 2 aromatic heterocycles. The van der Waals surface area contributed by atoms with E-state index in [-0.39, 0.29) is 0 Å². The molecule has 0 bridgehead atoms. The molecule has 9 nitrogen and oxygen atoms in total. The van der Waals surface area contributed by atoms with Crippen LogP contribution in [0.15, 0.2) is 83.6 Å². The van der Waals surface area contributed by atoms with Gasteiger partial charge in [0.1, 0.15) is 11.5 Å². The topological polar surface area (TPSA) is 126 Å². The van der Waals surface area contributed by atoms with Crippen LogP contribution in [0.5, 0.6) is 11.5 Å². The summed E-state index contributed by atoms with van der Waals surface area (Å²) in [5.74, 6) is -0.772. The van der Waals surface area contributed by atoms with Crippen LogP contribution in [0, 0.1) is 0 Å². The van der Waals surface area contributed by atoms with Gasteiger partial charge in [-0.2, -0.15) is 0 Å². The fourth-order valence-electron chi connectivity index (χ4n) is 2.79. The molecule has 0 fully saturated rings. The van der Waals surface area contributed by atoms with Gasteiger partial charge >= 0.3 is 0 Å². The molecule has 0 aliphatic rings. The molecule has 0 saturated carbocycles. The Bertz CT molecular complexity index is 1220. The highest BCUT2D eigenvalue weighted by molar-refractivity contribution is 7.12. The third-order valence-corrected chi connectivity index (χ3v) is 6.28. The van der Waals surface area contributed by atoms with Gasteiger partial charge in [-0.25, -0.2) is 0 Å².